The number of benzene rings is 2. The first kappa shape index (κ1) is 25.1. The third kappa shape index (κ3) is 5.89. The van der Waals surface area contributed by atoms with Crippen LogP contribution < -0.4 is 15.4 Å². The van der Waals surface area contributed by atoms with Crippen LogP contribution in [0.3, 0.4) is 0 Å². The molecule has 1 aliphatic carbocycles. The number of rotatable bonds is 9. The molecule has 1 saturated carbocycles. The van der Waals surface area contributed by atoms with Gasteiger partial charge in [-0.1, -0.05) is 17.8 Å². The van der Waals surface area contributed by atoms with Gasteiger partial charge in [0.25, 0.3) is 5.91 Å². The lowest BCUT2D eigenvalue weighted by Crippen LogP contribution is -2.29. The first-order valence-electron chi connectivity index (χ1n) is 12.3. The first-order valence-corrected chi connectivity index (χ1v) is 13.1. The number of aliphatic hydroxyl groups is 1. The van der Waals surface area contributed by atoms with Crippen LogP contribution in [0.2, 0.25) is 0 Å². The maximum absolute atomic E-state index is 12.6. The van der Waals surface area contributed by atoms with E-state index in [0.717, 1.165) is 51.0 Å². The summed E-state index contributed by atoms with van der Waals surface area (Å²) in [6.07, 6.45) is 3.90. The summed E-state index contributed by atoms with van der Waals surface area (Å²) >= 11 is 1.53. The van der Waals surface area contributed by atoms with Gasteiger partial charge in [0.05, 0.1) is 30.3 Å². The monoisotopic (exact) mass is 517 g/mol. The van der Waals surface area contributed by atoms with Crippen molar-refractivity contribution in [2.75, 3.05) is 19.0 Å². The van der Waals surface area contributed by atoms with Crippen molar-refractivity contribution in [3.63, 3.8) is 0 Å². The van der Waals surface area contributed by atoms with Gasteiger partial charge in [-0.2, -0.15) is 5.10 Å². The zero-order valence-corrected chi connectivity index (χ0v) is 22.2. The number of ether oxygens (including phenoxy) is 1. The van der Waals surface area contributed by atoms with E-state index in [-0.39, 0.29) is 5.91 Å². The Hall–Kier alpha value is -3.56. The van der Waals surface area contributed by atoms with Gasteiger partial charge in [-0.15, -0.1) is 0 Å². The highest BCUT2D eigenvalue weighted by Crippen LogP contribution is 2.33. The first-order chi connectivity index (χ1) is 17.7. The number of fused-ring (bicyclic) bond motifs is 1. The molecule has 2 aromatic heterocycles. The maximum atomic E-state index is 12.6. The van der Waals surface area contributed by atoms with Crippen LogP contribution in [0.5, 0.6) is 5.75 Å². The van der Waals surface area contributed by atoms with Crippen LogP contribution in [0.25, 0.3) is 16.9 Å². The van der Waals surface area contributed by atoms with E-state index >= 15 is 0 Å². The van der Waals surface area contributed by atoms with Gasteiger partial charge >= 0.3 is 0 Å². The minimum Gasteiger partial charge on any atom is -0.497 e. The SMILES string of the molecule is COc1ccc(Sc2cc(NCC(C)(C)O)c3ncc(-c4ccc(C(=O)NC5CC5)c(C)c4)n3n2)cc1. The second kappa shape index (κ2) is 10.1. The molecule has 1 fully saturated rings. The van der Waals surface area contributed by atoms with Crippen molar-refractivity contribution in [3.8, 4) is 17.0 Å². The number of nitrogens with one attached hydrogen (secondary N) is 2. The molecule has 2 heterocycles. The number of amides is 1. The van der Waals surface area contributed by atoms with Crippen molar-refractivity contribution in [1.29, 1.82) is 0 Å². The third-order valence-electron chi connectivity index (χ3n) is 6.12. The number of nitrogens with zero attached hydrogens (tertiary/aromatic N) is 3. The van der Waals surface area contributed by atoms with Crippen LogP contribution in [0.1, 0.15) is 42.6 Å². The van der Waals surface area contributed by atoms with Crippen molar-refractivity contribution in [2.45, 2.75) is 55.2 Å². The van der Waals surface area contributed by atoms with Crippen LogP contribution in [0.15, 0.2) is 64.6 Å². The molecule has 0 bridgehead atoms. The number of imidazole rings is 1. The predicted molar refractivity (Wildman–Crippen MR) is 146 cm³/mol. The molecule has 37 heavy (non-hydrogen) atoms. The lowest BCUT2D eigenvalue weighted by Gasteiger charge is -2.19. The Morgan fingerprint density at radius 1 is 1.19 bits per heavy atom. The number of hydrogen-bond donors (Lipinski definition) is 3. The van der Waals surface area contributed by atoms with E-state index in [9.17, 15) is 9.90 Å². The summed E-state index contributed by atoms with van der Waals surface area (Å²) in [7, 11) is 1.65. The molecule has 0 unspecified atom stereocenters. The standard InChI is InChI=1S/C28H31N5O3S/c1-17-13-18(5-12-22(17)27(34)31-19-6-7-19)24-15-29-26-23(30-16-28(2,3)35)14-25(32-33(24)26)37-21-10-8-20(36-4)9-11-21/h5,8-15,19,30,35H,6-7,16H2,1-4H3,(H,31,34). The van der Waals surface area contributed by atoms with Crippen molar-refractivity contribution in [2.24, 2.45) is 0 Å². The van der Waals surface area contributed by atoms with E-state index in [1.54, 1.807) is 27.2 Å². The minimum atomic E-state index is -0.896. The molecular formula is C28H31N5O3S. The number of carbonyl (C=O) groups is 1. The summed E-state index contributed by atoms with van der Waals surface area (Å²) < 4.78 is 7.09. The molecule has 5 rings (SSSR count). The van der Waals surface area contributed by atoms with E-state index in [4.69, 9.17) is 9.84 Å². The summed E-state index contributed by atoms with van der Waals surface area (Å²) in [5.41, 5.74) is 3.85. The maximum Gasteiger partial charge on any atom is 0.251 e. The summed E-state index contributed by atoms with van der Waals surface area (Å²) in [5.74, 6) is 0.765. The quantitative estimate of drug-likeness (QED) is 0.289. The van der Waals surface area contributed by atoms with Crippen molar-refractivity contribution >= 4 is 29.0 Å². The topological polar surface area (TPSA) is 101 Å². The number of anilines is 1. The summed E-state index contributed by atoms with van der Waals surface area (Å²) in [4.78, 5) is 18.3. The zero-order valence-electron chi connectivity index (χ0n) is 21.4. The Balaban J connectivity index is 1.52. The number of aryl methyl sites for hydroxylation is 1. The summed E-state index contributed by atoms with van der Waals surface area (Å²) in [5, 5.41) is 22.4. The van der Waals surface area contributed by atoms with Gasteiger partial charge in [0.2, 0.25) is 0 Å². The number of carbonyl (C=O) groups excluding carboxylic acids is 1. The molecule has 9 heteroatoms. The van der Waals surface area contributed by atoms with Crippen LogP contribution in [-0.2, 0) is 0 Å². The fourth-order valence-corrected chi connectivity index (χ4v) is 4.78. The van der Waals surface area contributed by atoms with Crippen molar-refractivity contribution < 1.29 is 14.6 Å². The van der Waals surface area contributed by atoms with Crippen LogP contribution in [0.4, 0.5) is 5.69 Å². The van der Waals surface area contributed by atoms with Crippen LogP contribution in [-0.4, -0.2) is 50.9 Å². The Kier molecular flexibility index (Phi) is 6.83. The largest absolute Gasteiger partial charge is 0.497 e. The van der Waals surface area contributed by atoms with E-state index in [2.05, 4.69) is 15.6 Å². The molecule has 192 valence electrons. The Morgan fingerprint density at radius 2 is 1.95 bits per heavy atom. The van der Waals surface area contributed by atoms with Gasteiger partial charge in [-0.3, -0.25) is 4.79 Å². The van der Waals surface area contributed by atoms with E-state index in [1.165, 1.54) is 11.8 Å². The molecule has 4 aromatic rings. The molecule has 0 spiro atoms. The second-order valence-corrected chi connectivity index (χ2v) is 11.1. The molecule has 3 N–H and O–H groups in total. The third-order valence-corrected chi connectivity index (χ3v) is 7.03. The van der Waals surface area contributed by atoms with Gasteiger partial charge in [0.15, 0.2) is 5.65 Å². The summed E-state index contributed by atoms with van der Waals surface area (Å²) in [6.45, 7) is 5.81. The molecule has 1 amide bonds. The highest BCUT2D eigenvalue weighted by molar-refractivity contribution is 7.99. The van der Waals surface area contributed by atoms with Gasteiger partial charge in [0.1, 0.15) is 10.8 Å². The molecule has 0 saturated heterocycles. The van der Waals surface area contributed by atoms with Gasteiger partial charge in [-0.25, -0.2) is 9.50 Å². The van der Waals surface area contributed by atoms with Crippen LogP contribution in [0, 0.1) is 6.92 Å². The number of methoxy groups -OCH3 is 1. The van der Waals surface area contributed by atoms with Gasteiger partial charge < -0.3 is 20.5 Å². The van der Waals surface area contributed by atoms with Crippen molar-refractivity contribution in [1.82, 2.24) is 19.9 Å². The van der Waals surface area contributed by atoms with E-state index in [1.807, 2.05) is 60.0 Å². The number of hydrogen-bond acceptors (Lipinski definition) is 7. The predicted octanol–water partition coefficient (Wildman–Crippen LogP) is 4.94. The molecule has 0 atom stereocenters. The Morgan fingerprint density at radius 3 is 2.59 bits per heavy atom. The molecule has 0 aliphatic heterocycles. The summed E-state index contributed by atoms with van der Waals surface area (Å²) in [6, 6.07) is 15.9. The zero-order chi connectivity index (χ0) is 26.2. The lowest BCUT2D eigenvalue weighted by atomic mass is 10.0. The average molecular weight is 518 g/mol. The highest BCUT2D eigenvalue weighted by Gasteiger charge is 2.24. The van der Waals surface area contributed by atoms with Gasteiger partial charge in [0, 0.05) is 28.6 Å². The molecule has 2 aromatic carbocycles. The Bertz CT molecular complexity index is 1440. The second-order valence-electron chi connectivity index (χ2n) is 10.00. The fourth-order valence-electron chi connectivity index (χ4n) is 3.97. The number of aromatic nitrogens is 3. The molecule has 0 radical (unpaired) electrons. The van der Waals surface area contributed by atoms with E-state index in [0.29, 0.717) is 23.8 Å². The van der Waals surface area contributed by atoms with E-state index < -0.39 is 5.60 Å². The highest BCUT2D eigenvalue weighted by atomic mass is 32.2. The average Bonchev–Trinajstić information content (AvgIpc) is 3.57. The van der Waals surface area contributed by atoms with Crippen LogP contribution >= 0.6 is 11.8 Å². The lowest BCUT2D eigenvalue weighted by molar-refractivity contribution is 0.0940. The van der Waals surface area contributed by atoms with Gasteiger partial charge in [-0.05, 0) is 81.6 Å². The smallest absolute Gasteiger partial charge is 0.251 e. The normalized spacial score (nSPS) is 13.5. The molecular weight excluding hydrogens is 486 g/mol. The minimum absolute atomic E-state index is 0.0286. The Labute approximate surface area is 220 Å². The molecule has 8 nitrogen and oxygen atoms in total. The fraction of sp³-hybridized carbons (Fsp3) is 0.321. The van der Waals surface area contributed by atoms with Crippen molar-refractivity contribution in [3.05, 3.63) is 65.9 Å². The molecule has 1 aliphatic rings.